The molecule has 0 spiro atoms. The lowest BCUT2D eigenvalue weighted by Gasteiger charge is -2.18. The molecule has 124 valence electrons. The summed E-state index contributed by atoms with van der Waals surface area (Å²) in [7, 11) is 0. The van der Waals surface area contributed by atoms with Crippen molar-refractivity contribution >= 4 is 23.6 Å². The molecule has 24 heavy (non-hydrogen) atoms. The lowest BCUT2D eigenvalue weighted by atomic mass is 10.1. The van der Waals surface area contributed by atoms with E-state index in [0.717, 1.165) is 22.9 Å². The zero-order valence-corrected chi connectivity index (χ0v) is 13.6. The molecule has 1 aliphatic carbocycles. The lowest BCUT2D eigenvalue weighted by Crippen LogP contribution is -2.37. The Morgan fingerprint density at radius 2 is 1.88 bits per heavy atom. The summed E-state index contributed by atoms with van der Waals surface area (Å²) in [6.45, 7) is -0.0170. The summed E-state index contributed by atoms with van der Waals surface area (Å²) in [6, 6.07) is 7.19. The second-order valence-corrected chi connectivity index (χ2v) is 6.97. The Morgan fingerprint density at radius 3 is 2.50 bits per heavy atom. The first-order valence-electron chi connectivity index (χ1n) is 7.80. The fourth-order valence-electron chi connectivity index (χ4n) is 2.78. The number of imide groups is 1. The molecule has 2 heterocycles. The highest BCUT2D eigenvalue weighted by Crippen LogP contribution is 2.37. The first-order chi connectivity index (χ1) is 11.6. The van der Waals surface area contributed by atoms with Crippen LogP contribution in [0.1, 0.15) is 39.6 Å². The highest BCUT2D eigenvalue weighted by Gasteiger charge is 2.36. The van der Waals surface area contributed by atoms with Crippen LogP contribution in [0.25, 0.3) is 0 Å². The van der Waals surface area contributed by atoms with Crippen LogP contribution in [0.2, 0.25) is 0 Å². The normalized spacial score (nSPS) is 18.1. The zero-order chi connectivity index (χ0) is 16.7. The molecule has 4 rings (SSSR count). The van der Waals surface area contributed by atoms with Gasteiger partial charge < -0.3 is 9.67 Å². The van der Waals surface area contributed by atoms with Gasteiger partial charge in [0.15, 0.2) is 5.16 Å². The summed E-state index contributed by atoms with van der Waals surface area (Å²) in [5.74, 6) is -0.347. The van der Waals surface area contributed by atoms with E-state index >= 15 is 0 Å². The third kappa shape index (κ3) is 2.71. The SMILES string of the molecule is O=C1c2ccccc2C(=O)N1CC(O)CSc1nncn1C1CC1. The quantitative estimate of drug-likeness (QED) is 0.629. The van der Waals surface area contributed by atoms with Crippen LogP contribution in [0.5, 0.6) is 0 Å². The molecule has 1 aromatic carbocycles. The van der Waals surface area contributed by atoms with E-state index in [9.17, 15) is 14.7 Å². The van der Waals surface area contributed by atoms with Crippen molar-refractivity contribution in [1.82, 2.24) is 19.7 Å². The third-order valence-corrected chi connectivity index (χ3v) is 5.26. The van der Waals surface area contributed by atoms with Crippen molar-refractivity contribution in [1.29, 1.82) is 0 Å². The van der Waals surface area contributed by atoms with Crippen LogP contribution in [0.15, 0.2) is 35.7 Å². The second-order valence-electron chi connectivity index (χ2n) is 5.98. The minimum absolute atomic E-state index is 0.0170. The van der Waals surface area contributed by atoms with E-state index in [-0.39, 0.29) is 18.4 Å². The zero-order valence-electron chi connectivity index (χ0n) is 12.8. The standard InChI is InChI=1S/C16H16N4O3S/c21-11(8-24-16-18-17-9-20(16)10-5-6-10)7-19-14(22)12-3-1-2-4-13(12)15(19)23/h1-4,9-11,21H,5-8H2. The van der Waals surface area contributed by atoms with Gasteiger partial charge >= 0.3 is 0 Å². The van der Waals surface area contributed by atoms with Crippen LogP contribution < -0.4 is 0 Å². The maximum Gasteiger partial charge on any atom is 0.261 e. The Kier molecular flexibility index (Phi) is 3.85. The molecule has 2 amide bonds. The number of hydrogen-bond acceptors (Lipinski definition) is 6. The number of rotatable bonds is 6. The number of hydrogen-bond donors (Lipinski definition) is 1. The molecule has 0 bridgehead atoms. The van der Waals surface area contributed by atoms with Gasteiger partial charge in [-0.2, -0.15) is 0 Å². The van der Waals surface area contributed by atoms with Gasteiger partial charge in [-0.25, -0.2) is 0 Å². The summed E-state index contributed by atoms with van der Waals surface area (Å²) in [5, 5.41) is 19.0. The molecule has 1 unspecified atom stereocenters. The Bertz CT molecular complexity index is 767. The van der Waals surface area contributed by atoms with Gasteiger partial charge in [0.05, 0.1) is 23.8 Å². The van der Waals surface area contributed by atoms with Crippen molar-refractivity contribution in [3.63, 3.8) is 0 Å². The Labute approximate surface area is 142 Å². The summed E-state index contributed by atoms with van der Waals surface area (Å²) >= 11 is 1.39. The number of amides is 2. The summed E-state index contributed by atoms with van der Waals surface area (Å²) in [5.41, 5.74) is 0.798. The number of nitrogens with zero attached hydrogens (tertiary/aromatic N) is 4. The highest BCUT2D eigenvalue weighted by molar-refractivity contribution is 7.99. The molecule has 1 N–H and O–H groups in total. The van der Waals surface area contributed by atoms with E-state index in [2.05, 4.69) is 10.2 Å². The number of aromatic nitrogens is 3. The van der Waals surface area contributed by atoms with E-state index in [1.807, 2.05) is 4.57 Å². The number of β-amino-alcohol motifs (C(OH)–C–C–N with tert-alkyl or cyclic N) is 1. The highest BCUT2D eigenvalue weighted by atomic mass is 32.2. The Balaban J connectivity index is 1.38. The molecule has 1 aliphatic heterocycles. The molecule has 2 aromatic rings. The van der Waals surface area contributed by atoms with E-state index in [1.165, 1.54) is 11.8 Å². The number of carbonyl (C=O) groups is 2. The fourth-order valence-corrected chi connectivity index (χ4v) is 3.67. The number of benzene rings is 1. The maximum atomic E-state index is 12.3. The van der Waals surface area contributed by atoms with Crippen molar-refractivity contribution < 1.29 is 14.7 Å². The van der Waals surface area contributed by atoms with Crippen molar-refractivity contribution in [2.75, 3.05) is 12.3 Å². The maximum absolute atomic E-state index is 12.3. The molecule has 7 nitrogen and oxygen atoms in total. The van der Waals surface area contributed by atoms with E-state index < -0.39 is 6.10 Å². The first-order valence-corrected chi connectivity index (χ1v) is 8.79. The van der Waals surface area contributed by atoms with Crippen LogP contribution >= 0.6 is 11.8 Å². The molecule has 1 fully saturated rings. The predicted molar refractivity (Wildman–Crippen MR) is 86.8 cm³/mol. The number of aliphatic hydroxyl groups excluding tert-OH is 1. The number of thioether (sulfide) groups is 1. The Hall–Kier alpha value is -2.19. The first kappa shape index (κ1) is 15.3. The smallest absolute Gasteiger partial charge is 0.261 e. The topological polar surface area (TPSA) is 88.3 Å². The number of carbonyl (C=O) groups excluding carboxylic acids is 2. The number of aliphatic hydroxyl groups is 1. The van der Waals surface area contributed by atoms with Crippen LogP contribution in [0.3, 0.4) is 0 Å². The van der Waals surface area contributed by atoms with Crippen LogP contribution in [0.4, 0.5) is 0 Å². The average Bonchev–Trinajstić information content (AvgIpc) is 3.29. The molecule has 1 atom stereocenters. The van der Waals surface area contributed by atoms with E-state index in [4.69, 9.17) is 0 Å². The van der Waals surface area contributed by atoms with Gasteiger partial charge in [-0.05, 0) is 25.0 Å². The molecular formula is C16H16N4O3S. The Morgan fingerprint density at radius 1 is 1.21 bits per heavy atom. The molecular weight excluding hydrogens is 328 g/mol. The van der Waals surface area contributed by atoms with Gasteiger partial charge in [0.25, 0.3) is 11.8 Å². The van der Waals surface area contributed by atoms with Crippen molar-refractivity contribution in [2.24, 2.45) is 0 Å². The molecule has 8 heteroatoms. The van der Waals surface area contributed by atoms with Gasteiger partial charge in [0.1, 0.15) is 6.33 Å². The van der Waals surface area contributed by atoms with Gasteiger partial charge in [0.2, 0.25) is 0 Å². The minimum Gasteiger partial charge on any atom is -0.390 e. The predicted octanol–water partition coefficient (Wildman–Crippen LogP) is 1.36. The third-order valence-electron chi connectivity index (χ3n) is 4.16. The van der Waals surface area contributed by atoms with Crippen LogP contribution in [-0.2, 0) is 0 Å². The molecule has 1 saturated carbocycles. The summed E-state index contributed by atoms with van der Waals surface area (Å²) in [4.78, 5) is 25.7. The van der Waals surface area contributed by atoms with Gasteiger partial charge in [-0.1, -0.05) is 23.9 Å². The van der Waals surface area contributed by atoms with E-state index in [0.29, 0.717) is 22.9 Å². The number of fused-ring (bicyclic) bond motifs is 1. The minimum atomic E-state index is -0.818. The average molecular weight is 344 g/mol. The van der Waals surface area contributed by atoms with Crippen molar-refractivity contribution in [2.45, 2.75) is 30.1 Å². The van der Waals surface area contributed by atoms with Crippen LogP contribution in [0, 0.1) is 0 Å². The summed E-state index contributed by atoms with van der Waals surface area (Å²) in [6.07, 6.45) is 3.14. The largest absolute Gasteiger partial charge is 0.390 e. The fraction of sp³-hybridized carbons (Fsp3) is 0.375. The molecule has 0 saturated heterocycles. The van der Waals surface area contributed by atoms with Gasteiger partial charge in [0, 0.05) is 11.8 Å². The van der Waals surface area contributed by atoms with Crippen molar-refractivity contribution in [3.05, 3.63) is 41.7 Å². The lowest BCUT2D eigenvalue weighted by molar-refractivity contribution is 0.0567. The summed E-state index contributed by atoms with van der Waals surface area (Å²) < 4.78 is 2.01. The van der Waals surface area contributed by atoms with Gasteiger partial charge in [-0.15, -0.1) is 10.2 Å². The van der Waals surface area contributed by atoms with Gasteiger partial charge in [-0.3, -0.25) is 14.5 Å². The molecule has 0 radical (unpaired) electrons. The van der Waals surface area contributed by atoms with Crippen molar-refractivity contribution in [3.8, 4) is 0 Å². The monoisotopic (exact) mass is 344 g/mol. The van der Waals surface area contributed by atoms with E-state index in [1.54, 1.807) is 30.6 Å². The van der Waals surface area contributed by atoms with Crippen LogP contribution in [-0.4, -0.2) is 55.0 Å². The molecule has 2 aliphatic rings. The molecule has 1 aromatic heterocycles. The second kappa shape index (κ2) is 6.03.